The fourth-order valence-electron chi connectivity index (χ4n) is 2.48. The van der Waals surface area contributed by atoms with Gasteiger partial charge in [0.25, 0.3) is 0 Å². The zero-order chi connectivity index (χ0) is 15.1. The average molecular weight is 325 g/mol. The highest BCUT2D eigenvalue weighted by molar-refractivity contribution is 7.71. The van der Waals surface area contributed by atoms with Crippen LogP contribution in [0.3, 0.4) is 0 Å². The largest absolute Gasteiger partial charge is 0.330 e. The van der Waals surface area contributed by atoms with Gasteiger partial charge in [-0.3, -0.25) is 0 Å². The third-order valence-corrected chi connectivity index (χ3v) is 4.16. The minimum absolute atomic E-state index is 0.118. The van der Waals surface area contributed by atoms with E-state index in [9.17, 15) is 8.78 Å². The van der Waals surface area contributed by atoms with Gasteiger partial charge in [0.2, 0.25) is 0 Å². The molecular formula is C15H11ClF2N2S. The van der Waals surface area contributed by atoms with Crippen molar-refractivity contribution in [2.75, 3.05) is 0 Å². The second-order valence-corrected chi connectivity index (χ2v) is 5.55. The number of H-pyrrole nitrogens is 1. The molecule has 0 amide bonds. The normalized spacial score (nSPS) is 12.8. The molecule has 108 valence electrons. The molecule has 0 saturated heterocycles. The highest BCUT2D eigenvalue weighted by atomic mass is 35.5. The van der Waals surface area contributed by atoms with Gasteiger partial charge in [-0.05, 0) is 42.9 Å². The van der Waals surface area contributed by atoms with E-state index in [2.05, 4.69) is 4.98 Å². The van der Waals surface area contributed by atoms with Crippen LogP contribution in [-0.4, -0.2) is 9.55 Å². The van der Waals surface area contributed by atoms with Crippen molar-refractivity contribution >= 4 is 34.9 Å². The third-order valence-electron chi connectivity index (χ3n) is 3.51. The smallest absolute Gasteiger partial charge is 0.184 e. The van der Waals surface area contributed by atoms with Crippen LogP contribution in [0.15, 0.2) is 36.4 Å². The van der Waals surface area contributed by atoms with Gasteiger partial charge in [-0.15, -0.1) is 0 Å². The maximum atomic E-state index is 14.2. The number of benzene rings is 2. The Balaban J connectivity index is 2.30. The van der Waals surface area contributed by atoms with Crippen LogP contribution in [0.25, 0.3) is 11.0 Å². The van der Waals surface area contributed by atoms with E-state index < -0.39 is 11.6 Å². The third kappa shape index (κ3) is 2.26. The summed E-state index contributed by atoms with van der Waals surface area (Å²) in [6.45, 7) is 1.84. The van der Waals surface area contributed by atoms with E-state index in [1.165, 1.54) is 6.07 Å². The van der Waals surface area contributed by atoms with Crippen molar-refractivity contribution in [2.45, 2.75) is 13.0 Å². The molecule has 0 bridgehead atoms. The molecule has 0 radical (unpaired) electrons. The van der Waals surface area contributed by atoms with E-state index in [1.54, 1.807) is 10.6 Å². The summed E-state index contributed by atoms with van der Waals surface area (Å²) < 4.78 is 29.5. The highest BCUT2D eigenvalue weighted by Crippen LogP contribution is 2.30. The molecule has 0 aliphatic carbocycles. The lowest BCUT2D eigenvalue weighted by Gasteiger charge is -2.16. The summed E-state index contributed by atoms with van der Waals surface area (Å²) >= 11 is 11.4. The van der Waals surface area contributed by atoms with Crippen molar-refractivity contribution in [1.29, 1.82) is 0 Å². The van der Waals surface area contributed by atoms with Crippen LogP contribution < -0.4 is 0 Å². The van der Waals surface area contributed by atoms with E-state index >= 15 is 0 Å². The zero-order valence-corrected chi connectivity index (χ0v) is 12.6. The number of nitrogens with one attached hydrogen (secondary N) is 1. The van der Waals surface area contributed by atoms with E-state index in [-0.39, 0.29) is 11.6 Å². The monoisotopic (exact) mass is 324 g/mol. The molecule has 2 aromatic carbocycles. The first-order valence-electron chi connectivity index (χ1n) is 6.33. The van der Waals surface area contributed by atoms with E-state index in [0.717, 1.165) is 11.6 Å². The number of aromatic amines is 1. The lowest BCUT2D eigenvalue weighted by Crippen LogP contribution is -2.08. The van der Waals surface area contributed by atoms with Crippen LogP contribution in [0.4, 0.5) is 8.78 Å². The molecule has 0 aliphatic rings. The molecular weight excluding hydrogens is 314 g/mol. The second kappa shape index (κ2) is 5.24. The number of imidazole rings is 1. The summed E-state index contributed by atoms with van der Waals surface area (Å²) in [5, 5.41) is 0.554. The predicted molar refractivity (Wildman–Crippen MR) is 82.3 cm³/mol. The number of hydrogen-bond acceptors (Lipinski definition) is 1. The van der Waals surface area contributed by atoms with Gasteiger partial charge < -0.3 is 9.55 Å². The molecule has 1 unspecified atom stereocenters. The maximum absolute atomic E-state index is 14.2. The van der Waals surface area contributed by atoms with Gasteiger partial charge in [0.15, 0.2) is 16.4 Å². The number of rotatable bonds is 2. The van der Waals surface area contributed by atoms with E-state index in [0.29, 0.717) is 15.3 Å². The van der Waals surface area contributed by atoms with Crippen LogP contribution in [0.1, 0.15) is 18.5 Å². The average Bonchev–Trinajstić information content (AvgIpc) is 2.80. The van der Waals surface area contributed by atoms with Crippen molar-refractivity contribution in [1.82, 2.24) is 9.55 Å². The van der Waals surface area contributed by atoms with Gasteiger partial charge in [-0.25, -0.2) is 8.78 Å². The fourth-order valence-corrected chi connectivity index (χ4v) is 3.13. The molecule has 1 aromatic heterocycles. The van der Waals surface area contributed by atoms with Crippen LogP contribution >= 0.6 is 23.8 Å². The molecule has 1 heterocycles. The Labute approximate surface area is 130 Å². The Hall–Kier alpha value is -1.72. The van der Waals surface area contributed by atoms with Crippen molar-refractivity contribution < 1.29 is 8.78 Å². The van der Waals surface area contributed by atoms with Gasteiger partial charge in [0, 0.05) is 5.02 Å². The minimum atomic E-state index is -0.918. The Morgan fingerprint density at radius 3 is 2.62 bits per heavy atom. The topological polar surface area (TPSA) is 20.7 Å². The number of halogens is 3. The Morgan fingerprint density at radius 1 is 1.19 bits per heavy atom. The molecule has 0 spiro atoms. The van der Waals surface area contributed by atoms with Crippen LogP contribution in [0.5, 0.6) is 0 Å². The molecule has 0 fully saturated rings. The quantitative estimate of drug-likeness (QED) is 0.639. The van der Waals surface area contributed by atoms with Crippen molar-refractivity contribution in [3.63, 3.8) is 0 Å². The lowest BCUT2D eigenvalue weighted by atomic mass is 10.1. The summed E-state index contributed by atoms with van der Waals surface area (Å²) in [5.74, 6) is -1.82. The Morgan fingerprint density at radius 2 is 1.90 bits per heavy atom. The number of fused-ring (bicyclic) bond motifs is 1. The standard InChI is InChI=1S/C15H11ClF2N2S/c1-8(9-4-2-3-5-10(9)16)20-14-12(19-15(20)21)7-6-11(17)13(14)18/h2-8H,1H3,(H,19,21). The van der Waals surface area contributed by atoms with Crippen LogP contribution in [0.2, 0.25) is 5.02 Å². The van der Waals surface area contributed by atoms with Crippen LogP contribution in [0, 0.1) is 16.4 Å². The van der Waals surface area contributed by atoms with Crippen LogP contribution in [-0.2, 0) is 0 Å². The molecule has 0 aliphatic heterocycles. The first-order chi connectivity index (χ1) is 10.0. The summed E-state index contributed by atoms with van der Waals surface area (Å²) in [6.07, 6.45) is 0. The van der Waals surface area contributed by atoms with E-state index in [4.69, 9.17) is 23.8 Å². The fraction of sp³-hybridized carbons (Fsp3) is 0.133. The molecule has 1 atom stereocenters. The summed E-state index contributed by atoms with van der Waals surface area (Å²) in [4.78, 5) is 2.89. The highest BCUT2D eigenvalue weighted by Gasteiger charge is 2.19. The second-order valence-electron chi connectivity index (χ2n) is 4.76. The number of nitrogens with zero attached hydrogens (tertiary/aromatic N) is 1. The van der Waals surface area contributed by atoms with E-state index in [1.807, 2.05) is 25.1 Å². The molecule has 3 rings (SSSR count). The van der Waals surface area contributed by atoms with Crippen molar-refractivity contribution in [3.05, 3.63) is 63.4 Å². The number of aromatic nitrogens is 2. The molecule has 2 nitrogen and oxygen atoms in total. The number of hydrogen-bond donors (Lipinski definition) is 1. The first-order valence-corrected chi connectivity index (χ1v) is 7.12. The van der Waals surface area contributed by atoms with Crippen molar-refractivity contribution in [3.8, 4) is 0 Å². The molecule has 1 N–H and O–H groups in total. The Bertz CT molecular complexity index is 885. The zero-order valence-electron chi connectivity index (χ0n) is 11.0. The predicted octanol–water partition coefficient (Wildman–Crippen LogP) is 5.24. The van der Waals surface area contributed by atoms with Gasteiger partial charge in [-0.1, -0.05) is 29.8 Å². The van der Waals surface area contributed by atoms with Gasteiger partial charge in [-0.2, -0.15) is 0 Å². The lowest BCUT2D eigenvalue weighted by molar-refractivity contribution is 0.508. The van der Waals surface area contributed by atoms with Gasteiger partial charge in [0.05, 0.1) is 11.6 Å². The van der Waals surface area contributed by atoms with Gasteiger partial charge >= 0.3 is 0 Å². The molecule has 3 aromatic rings. The summed E-state index contributed by atoms with van der Waals surface area (Å²) in [7, 11) is 0. The summed E-state index contributed by atoms with van der Waals surface area (Å²) in [5.41, 5.74) is 1.37. The molecule has 0 saturated carbocycles. The first kappa shape index (κ1) is 14.2. The van der Waals surface area contributed by atoms with Gasteiger partial charge in [0.1, 0.15) is 5.52 Å². The Kier molecular flexibility index (Phi) is 3.55. The minimum Gasteiger partial charge on any atom is -0.330 e. The maximum Gasteiger partial charge on any atom is 0.184 e. The molecule has 6 heteroatoms. The SMILES string of the molecule is CC(c1ccccc1Cl)n1c(=S)[nH]c2ccc(F)c(F)c21. The molecule has 21 heavy (non-hydrogen) atoms. The van der Waals surface area contributed by atoms with Crippen molar-refractivity contribution in [2.24, 2.45) is 0 Å². The summed E-state index contributed by atoms with van der Waals surface area (Å²) in [6, 6.07) is 9.47.